The molecule has 8 unspecified atom stereocenters. The molecule has 1 aliphatic carbocycles. The molecule has 2 fully saturated rings. The van der Waals surface area contributed by atoms with Crippen LogP contribution in [0.4, 0.5) is 0 Å². The van der Waals surface area contributed by atoms with Crippen molar-refractivity contribution < 1.29 is 39.4 Å². The number of aliphatic hydroxyl groups is 4. The maximum absolute atomic E-state index is 11.3. The molecular formula is C14H20O8. The topological polar surface area (TPSA) is 126 Å². The molecule has 8 atom stereocenters. The lowest BCUT2D eigenvalue weighted by Crippen LogP contribution is -2.59. The van der Waals surface area contributed by atoms with Crippen LogP contribution in [0.15, 0.2) is 12.2 Å². The predicted octanol–water partition coefficient (Wildman–Crippen LogP) is -1.94. The minimum Gasteiger partial charge on any atom is -0.462 e. The first-order valence-electron chi connectivity index (χ1n) is 7.33. The Hall–Kier alpha value is -1.03. The van der Waals surface area contributed by atoms with Crippen molar-refractivity contribution in [2.75, 3.05) is 6.61 Å². The monoisotopic (exact) mass is 316 g/mol. The van der Waals surface area contributed by atoms with E-state index in [1.54, 1.807) is 6.08 Å². The van der Waals surface area contributed by atoms with Crippen molar-refractivity contribution in [3.63, 3.8) is 0 Å². The Morgan fingerprint density at radius 1 is 1.18 bits per heavy atom. The Morgan fingerprint density at radius 3 is 2.68 bits per heavy atom. The standard InChI is InChI=1S/C14H20O8/c15-5-9-11(17)12(18)13(19)14(22-9)20-7-2-1-6-3-10(16)21-8(6)4-7/h1-2,6-9,11-15,17-19H,3-5H2. The number of rotatable bonds is 3. The molecule has 0 bridgehead atoms. The van der Waals surface area contributed by atoms with Crippen LogP contribution < -0.4 is 0 Å². The smallest absolute Gasteiger partial charge is 0.306 e. The average Bonchev–Trinajstić information content (AvgIpc) is 2.87. The minimum atomic E-state index is -1.47. The summed E-state index contributed by atoms with van der Waals surface area (Å²) in [5.74, 6) is -0.199. The third-order valence-electron chi connectivity index (χ3n) is 4.36. The maximum atomic E-state index is 11.3. The number of hydrogen-bond donors (Lipinski definition) is 4. The van der Waals surface area contributed by atoms with Gasteiger partial charge in [0.15, 0.2) is 6.29 Å². The predicted molar refractivity (Wildman–Crippen MR) is 70.4 cm³/mol. The van der Waals surface area contributed by atoms with Crippen LogP contribution in [0.2, 0.25) is 0 Å². The zero-order valence-electron chi connectivity index (χ0n) is 11.8. The molecule has 8 nitrogen and oxygen atoms in total. The summed E-state index contributed by atoms with van der Waals surface area (Å²) in [6, 6.07) is 0. The molecule has 0 amide bonds. The molecule has 3 rings (SSSR count). The molecule has 2 aliphatic heterocycles. The van der Waals surface area contributed by atoms with Crippen molar-refractivity contribution in [1.29, 1.82) is 0 Å². The molecule has 3 aliphatic rings. The van der Waals surface area contributed by atoms with Crippen LogP contribution in [0, 0.1) is 5.92 Å². The summed E-state index contributed by atoms with van der Waals surface area (Å²) >= 11 is 0. The van der Waals surface area contributed by atoms with E-state index in [9.17, 15) is 20.1 Å². The number of esters is 1. The quantitative estimate of drug-likeness (QED) is 0.350. The number of hydrogen-bond acceptors (Lipinski definition) is 8. The van der Waals surface area contributed by atoms with Gasteiger partial charge in [-0.2, -0.15) is 0 Å². The number of aliphatic hydroxyl groups excluding tert-OH is 4. The summed E-state index contributed by atoms with van der Waals surface area (Å²) in [5, 5.41) is 38.5. The molecule has 0 saturated carbocycles. The first-order valence-corrected chi connectivity index (χ1v) is 7.33. The lowest BCUT2D eigenvalue weighted by atomic mass is 9.90. The van der Waals surface area contributed by atoms with Crippen LogP contribution in [0.1, 0.15) is 12.8 Å². The summed E-state index contributed by atoms with van der Waals surface area (Å²) in [4.78, 5) is 11.3. The second kappa shape index (κ2) is 6.23. The van der Waals surface area contributed by atoms with Gasteiger partial charge in [-0.25, -0.2) is 0 Å². The van der Waals surface area contributed by atoms with Crippen molar-refractivity contribution in [2.24, 2.45) is 5.92 Å². The highest BCUT2D eigenvalue weighted by Crippen LogP contribution is 2.33. The average molecular weight is 316 g/mol. The van der Waals surface area contributed by atoms with E-state index in [0.29, 0.717) is 12.8 Å². The zero-order valence-corrected chi connectivity index (χ0v) is 11.8. The van der Waals surface area contributed by atoms with E-state index >= 15 is 0 Å². The van der Waals surface area contributed by atoms with Gasteiger partial charge in [0.1, 0.15) is 30.5 Å². The molecule has 8 heteroatoms. The van der Waals surface area contributed by atoms with Crippen molar-refractivity contribution in [1.82, 2.24) is 0 Å². The molecule has 0 spiro atoms. The van der Waals surface area contributed by atoms with E-state index in [4.69, 9.17) is 19.3 Å². The number of carbonyl (C=O) groups excluding carboxylic acids is 1. The summed E-state index contributed by atoms with van der Waals surface area (Å²) in [5.41, 5.74) is 0. The van der Waals surface area contributed by atoms with E-state index in [2.05, 4.69) is 0 Å². The molecule has 22 heavy (non-hydrogen) atoms. The maximum Gasteiger partial charge on any atom is 0.306 e. The molecule has 0 aromatic heterocycles. The molecule has 124 valence electrons. The van der Waals surface area contributed by atoms with Crippen LogP contribution in [0.3, 0.4) is 0 Å². The summed E-state index contributed by atoms with van der Waals surface area (Å²) < 4.78 is 16.1. The second-order valence-electron chi connectivity index (χ2n) is 5.89. The van der Waals surface area contributed by atoms with Gasteiger partial charge in [0, 0.05) is 12.3 Å². The van der Waals surface area contributed by atoms with Crippen LogP contribution in [0.25, 0.3) is 0 Å². The van der Waals surface area contributed by atoms with Crippen molar-refractivity contribution in [3.05, 3.63) is 12.2 Å². The van der Waals surface area contributed by atoms with Gasteiger partial charge >= 0.3 is 5.97 Å². The second-order valence-corrected chi connectivity index (χ2v) is 5.89. The van der Waals surface area contributed by atoms with Crippen molar-refractivity contribution >= 4 is 5.97 Å². The molecular weight excluding hydrogens is 296 g/mol. The minimum absolute atomic E-state index is 0.0437. The molecule has 0 radical (unpaired) electrons. The molecule has 4 N–H and O–H groups in total. The highest BCUT2D eigenvalue weighted by molar-refractivity contribution is 5.72. The number of ether oxygens (including phenoxy) is 3. The van der Waals surface area contributed by atoms with Gasteiger partial charge in [0.2, 0.25) is 0 Å². The Bertz CT molecular complexity index is 450. The van der Waals surface area contributed by atoms with E-state index < -0.39 is 43.4 Å². The highest BCUT2D eigenvalue weighted by Gasteiger charge is 2.45. The summed E-state index contributed by atoms with van der Waals surface area (Å²) in [6.07, 6.45) is -2.82. The van der Waals surface area contributed by atoms with Crippen molar-refractivity contribution in [3.8, 4) is 0 Å². The van der Waals surface area contributed by atoms with Crippen LogP contribution in [-0.2, 0) is 19.0 Å². The van der Waals surface area contributed by atoms with E-state index in [1.807, 2.05) is 6.08 Å². The molecule has 2 saturated heterocycles. The number of carbonyl (C=O) groups is 1. The van der Waals surface area contributed by atoms with Crippen LogP contribution in [0.5, 0.6) is 0 Å². The lowest BCUT2D eigenvalue weighted by molar-refractivity contribution is -0.309. The van der Waals surface area contributed by atoms with E-state index in [0.717, 1.165) is 0 Å². The molecule has 0 aromatic carbocycles. The summed E-state index contributed by atoms with van der Waals surface area (Å²) in [7, 11) is 0. The van der Waals surface area contributed by atoms with Crippen LogP contribution in [-0.4, -0.2) is 75.9 Å². The van der Waals surface area contributed by atoms with Gasteiger partial charge in [0.05, 0.1) is 19.1 Å². The highest BCUT2D eigenvalue weighted by atomic mass is 16.7. The molecule has 0 aromatic rings. The third-order valence-corrected chi connectivity index (χ3v) is 4.36. The Balaban J connectivity index is 1.63. The first kappa shape index (κ1) is 15.9. The van der Waals surface area contributed by atoms with Gasteiger partial charge in [-0.3, -0.25) is 4.79 Å². The first-order chi connectivity index (χ1) is 10.5. The summed E-state index contributed by atoms with van der Waals surface area (Å²) in [6.45, 7) is -0.506. The molecule has 2 heterocycles. The van der Waals surface area contributed by atoms with Gasteiger partial charge in [-0.15, -0.1) is 0 Å². The van der Waals surface area contributed by atoms with Gasteiger partial charge < -0.3 is 34.6 Å². The fourth-order valence-electron chi connectivity index (χ4n) is 3.07. The Kier molecular flexibility index (Phi) is 4.49. The van der Waals surface area contributed by atoms with E-state index in [1.165, 1.54) is 0 Å². The largest absolute Gasteiger partial charge is 0.462 e. The fraction of sp³-hybridized carbons (Fsp3) is 0.786. The zero-order chi connectivity index (χ0) is 15.9. The Morgan fingerprint density at radius 2 is 1.95 bits per heavy atom. The van der Waals surface area contributed by atoms with Gasteiger partial charge in [-0.05, 0) is 0 Å². The third kappa shape index (κ3) is 2.90. The van der Waals surface area contributed by atoms with Crippen molar-refractivity contribution in [2.45, 2.75) is 55.8 Å². The lowest BCUT2D eigenvalue weighted by Gasteiger charge is -2.41. The van der Waals surface area contributed by atoms with Crippen LogP contribution >= 0.6 is 0 Å². The van der Waals surface area contributed by atoms with E-state index in [-0.39, 0.29) is 18.0 Å². The fourth-order valence-corrected chi connectivity index (χ4v) is 3.07. The SMILES string of the molecule is O=C1CC2C=CC(OC3OC(CO)C(O)C(O)C3O)CC2O1. The van der Waals surface area contributed by atoms with Gasteiger partial charge in [-0.1, -0.05) is 12.2 Å². The normalized spacial score (nSPS) is 48.1. The van der Waals surface area contributed by atoms with Gasteiger partial charge in [0.25, 0.3) is 0 Å². The Labute approximate surface area is 126 Å². The number of fused-ring (bicyclic) bond motifs is 1.